The highest BCUT2D eigenvalue weighted by molar-refractivity contribution is 6.10. The summed E-state index contributed by atoms with van der Waals surface area (Å²) in [4.78, 5) is 13.1. The quantitative estimate of drug-likeness (QED) is 0.421. The highest BCUT2D eigenvalue weighted by Crippen LogP contribution is 2.48. The third-order valence-corrected chi connectivity index (χ3v) is 5.43. The maximum atomic E-state index is 8.15. The minimum absolute atomic E-state index is 0.328. The first-order chi connectivity index (χ1) is 14.6. The average Bonchev–Trinajstić information content (AvgIpc) is 3.22. The summed E-state index contributed by atoms with van der Waals surface area (Å²) in [6.07, 6.45) is 2.91. The van der Waals surface area contributed by atoms with E-state index in [0.29, 0.717) is 11.6 Å². The van der Waals surface area contributed by atoms with Crippen LogP contribution in [0.4, 0.5) is 17.3 Å². The number of rotatable bonds is 1. The monoisotopic (exact) mass is 375 g/mol. The SMILES string of the molecule is [2H]C([2H])([2H])C(C)(C)N1c2nccnc2N(c2c(C)ccc3c2oc2ccccc23)C1C. The van der Waals surface area contributed by atoms with E-state index in [1.807, 2.05) is 43.0 Å². The summed E-state index contributed by atoms with van der Waals surface area (Å²) in [5.74, 6) is 1.19. The summed E-state index contributed by atoms with van der Waals surface area (Å²) >= 11 is 0. The largest absolute Gasteiger partial charge is 0.454 e. The van der Waals surface area contributed by atoms with Crippen LogP contribution < -0.4 is 9.80 Å². The Kier molecular flexibility index (Phi) is 2.85. The zero-order valence-electron chi connectivity index (χ0n) is 19.4. The van der Waals surface area contributed by atoms with E-state index < -0.39 is 12.4 Å². The van der Waals surface area contributed by atoms with Crippen molar-refractivity contribution >= 4 is 39.3 Å². The molecule has 0 saturated carbocycles. The van der Waals surface area contributed by atoms with Crippen LogP contribution in [0.2, 0.25) is 0 Å². The maximum Gasteiger partial charge on any atom is 0.178 e. The predicted molar refractivity (Wildman–Crippen MR) is 114 cm³/mol. The Hall–Kier alpha value is -3.08. The number of benzene rings is 2. The standard InChI is InChI=1S/C23H24N4O/c1-14-10-11-17-16-8-6-7-9-18(16)28-20(17)19(14)26-15(2)27(23(3,4)5)22-21(26)24-12-13-25-22/h6-13,15H,1-5H3/i3D3. The van der Waals surface area contributed by atoms with Gasteiger partial charge in [-0.15, -0.1) is 0 Å². The Labute approximate surface area is 168 Å². The number of furan rings is 1. The normalized spacial score (nSPS) is 19.0. The summed E-state index contributed by atoms with van der Waals surface area (Å²) < 4.78 is 30.8. The van der Waals surface area contributed by atoms with Gasteiger partial charge in [0.2, 0.25) is 0 Å². The number of nitrogens with zero attached hydrogens (tertiary/aromatic N) is 4. The molecule has 0 aliphatic carbocycles. The molecule has 0 bridgehead atoms. The molecule has 5 nitrogen and oxygen atoms in total. The Morgan fingerprint density at radius 3 is 2.57 bits per heavy atom. The first-order valence-corrected chi connectivity index (χ1v) is 9.43. The lowest BCUT2D eigenvalue weighted by Gasteiger charge is -2.38. The van der Waals surface area contributed by atoms with E-state index in [-0.39, 0.29) is 6.17 Å². The third-order valence-electron chi connectivity index (χ3n) is 5.43. The van der Waals surface area contributed by atoms with Crippen molar-refractivity contribution in [1.82, 2.24) is 9.97 Å². The van der Waals surface area contributed by atoms with Crippen LogP contribution in [0.5, 0.6) is 0 Å². The van der Waals surface area contributed by atoms with Crippen molar-refractivity contribution in [2.24, 2.45) is 0 Å². The van der Waals surface area contributed by atoms with Gasteiger partial charge in [-0.05, 0) is 46.2 Å². The fourth-order valence-corrected chi connectivity index (χ4v) is 4.33. The molecule has 3 heterocycles. The van der Waals surface area contributed by atoms with Crippen LogP contribution in [0, 0.1) is 6.92 Å². The molecular weight excluding hydrogens is 348 g/mol. The summed E-state index contributed by atoms with van der Waals surface area (Å²) in [6, 6.07) is 12.1. The van der Waals surface area contributed by atoms with Gasteiger partial charge in [-0.3, -0.25) is 4.90 Å². The van der Waals surface area contributed by atoms with Crippen molar-refractivity contribution in [3.8, 4) is 0 Å². The summed E-state index contributed by atoms with van der Waals surface area (Å²) in [6.45, 7) is 5.26. The molecular formula is C23H24N4O. The molecule has 0 N–H and O–H groups in total. The third kappa shape index (κ3) is 2.25. The molecule has 0 spiro atoms. The highest BCUT2D eigenvalue weighted by Gasteiger charge is 2.43. The van der Waals surface area contributed by atoms with Crippen molar-refractivity contribution < 1.29 is 8.53 Å². The topological polar surface area (TPSA) is 45.4 Å². The lowest BCUT2D eigenvalue weighted by molar-refractivity contribution is 0.464. The molecule has 1 unspecified atom stereocenters. The van der Waals surface area contributed by atoms with Crippen LogP contribution in [0.1, 0.15) is 37.3 Å². The summed E-state index contributed by atoms with van der Waals surface area (Å²) in [5, 5.41) is 2.06. The van der Waals surface area contributed by atoms with Gasteiger partial charge >= 0.3 is 0 Å². The van der Waals surface area contributed by atoms with Crippen molar-refractivity contribution in [3.05, 3.63) is 54.4 Å². The zero-order chi connectivity index (χ0) is 22.1. The van der Waals surface area contributed by atoms with E-state index in [4.69, 9.17) is 8.53 Å². The van der Waals surface area contributed by atoms with E-state index in [9.17, 15) is 0 Å². The highest BCUT2D eigenvalue weighted by atomic mass is 16.3. The van der Waals surface area contributed by atoms with Crippen molar-refractivity contribution in [3.63, 3.8) is 0 Å². The Morgan fingerprint density at radius 2 is 1.79 bits per heavy atom. The number of aromatic nitrogens is 2. The van der Waals surface area contributed by atoms with E-state index in [2.05, 4.69) is 27.0 Å². The second-order valence-electron chi connectivity index (χ2n) is 7.84. The lowest BCUT2D eigenvalue weighted by Crippen LogP contribution is -2.49. The molecule has 2 aromatic heterocycles. The van der Waals surface area contributed by atoms with Crippen molar-refractivity contribution in [2.45, 2.75) is 46.3 Å². The molecule has 28 heavy (non-hydrogen) atoms. The van der Waals surface area contributed by atoms with Gasteiger partial charge in [-0.2, -0.15) is 0 Å². The average molecular weight is 375 g/mol. The Balaban J connectivity index is 1.79. The van der Waals surface area contributed by atoms with E-state index >= 15 is 0 Å². The number of hydrogen-bond acceptors (Lipinski definition) is 5. The first-order valence-electron chi connectivity index (χ1n) is 10.9. The van der Waals surface area contributed by atoms with Gasteiger partial charge in [0.15, 0.2) is 17.2 Å². The van der Waals surface area contributed by atoms with Crippen LogP contribution in [0.15, 0.2) is 53.2 Å². The molecule has 0 fully saturated rings. The second-order valence-corrected chi connectivity index (χ2v) is 7.84. The van der Waals surface area contributed by atoms with Gasteiger partial charge in [0, 0.05) is 32.8 Å². The van der Waals surface area contributed by atoms with Crippen LogP contribution in [0.25, 0.3) is 21.9 Å². The van der Waals surface area contributed by atoms with Gasteiger partial charge in [-0.1, -0.05) is 30.3 Å². The van der Waals surface area contributed by atoms with Gasteiger partial charge in [0.1, 0.15) is 11.7 Å². The lowest BCUT2D eigenvalue weighted by atomic mass is 10.1. The summed E-state index contributed by atoms with van der Waals surface area (Å²) in [7, 11) is 0. The van der Waals surface area contributed by atoms with Gasteiger partial charge in [0.25, 0.3) is 0 Å². The molecule has 5 rings (SSSR count). The van der Waals surface area contributed by atoms with Gasteiger partial charge in [0.05, 0.1) is 5.69 Å². The number of para-hydroxylation sites is 1. The maximum absolute atomic E-state index is 8.15. The molecule has 0 radical (unpaired) electrons. The number of hydrogen-bond donors (Lipinski definition) is 0. The predicted octanol–water partition coefficient (Wildman–Crippen LogP) is 5.79. The van der Waals surface area contributed by atoms with Crippen LogP contribution in [-0.4, -0.2) is 21.7 Å². The van der Waals surface area contributed by atoms with Crippen LogP contribution >= 0.6 is 0 Å². The summed E-state index contributed by atoms with van der Waals surface area (Å²) in [5.41, 5.74) is 2.32. The number of aryl methyl sites for hydroxylation is 1. The van der Waals surface area contributed by atoms with Crippen LogP contribution in [0.3, 0.4) is 0 Å². The number of anilines is 3. The van der Waals surface area contributed by atoms with Crippen LogP contribution in [-0.2, 0) is 0 Å². The molecule has 1 aliphatic heterocycles. The second kappa shape index (κ2) is 5.71. The zero-order valence-corrected chi connectivity index (χ0v) is 16.4. The smallest absolute Gasteiger partial charge is 0.178 e. The fourth-order valence-electron chi connectivity index (χ4n) is 4.33. The molecule has 142 valence electrons. The van der Waals surface area contributed by atoms with E-state index in [0.717, 1.165) is 33.2 Å². The van der Waals surface area contributed by atoms with Gasteiger partial charge in [-0.25, -0.2) is 9.97 Å². The van der Waals surface area contributed by atoms with E-state index in [1.54, 1.807) is 26.2 Å². The Morgan fingerprint density at radius 1 is 1.04 bits per heavy atom. The Bertz CT molecular complexity index is 1310. The minimum atomic E-state index is -2.22. The van der Waals surface area contributed by atoms with Crippen molar-refractivity contribution in [1.29, 1.82) is 0 Å². The molecule has 5 heteroatoms. The first kappa shape index (κ1) is 14.0. The molecule has 0 amide bonds. The molecule has 1 atom stereocenters. The minimum Gasteiger partial charge on any atom is -0.454 e. The molecule has 1 aliphatic rings. The molecule has 4 aromatic rings. The molecule has 2 aromatic carbocycles. The van der Waals surface area contributed by atoms with Gasteiger partial charge < -0.3 is 9.32 Å². The van der Waals surface area contributed by atoms with E-state index in [1.165, 1.54) is 0 Å². The fraction of sp³-hybridized carbons (Fsp3) is 0.304. The van der Waals surface area contributed by atoms with Crippen molar-refractivity contribution in [2.75, 3.05) is 9.80 Å². The number of fused-ring (bicyclic) bond motifs is 4. The molecule has 0 saturated heterocycles.